The van der Waals surface area contributed by atoms with Gasteiger partial charge in [0.15, 0.2) is 0 Å². The largest absolute Gasteiger partial charge is 0.497 e. The number of rotatable bonds is 5. The highest BCUT2D eigenvalue weighted by atomic mass is 19.1. The van der Waals surface area contributed by atoms with Crippen LogP contribution in [0.4, 0.5) is 4.39 Å². The van der Waals surface area contributed by atoms with E-state index < -0.39 is 0 Å². The third-order valence-electron chi connectivity index (χ3n) is 4.04. The van der Waals surface area contributed by atoms with Crippen LogP contribution in [0, 0.1) is 5.82 Å². The van der Waals surface area contributed by atoms with E-state index in [1.807, 2.05) is 30.5 Å². The van der Waals surface area contributed by atoms with Gasteiger partial charge >= 0.3 is 0 Å². The van der Waals surface area contributed by atoms with Gasteiger partial charge in [0.05, 0.1) is 7.11 Å². The predicted octanol–water partition coefficient (Wildman–Crippen LogP) is 3.60. The first-order valence-electron chi connectivity index (χ1n) is 7.31. The summed E-state index contributed by atoms with van der Waals surface area (Å²) in [4.78, 5) is 3.19. The lowest BCUT2D eigenvalue weighted by Crippen LogP contribution is -2.14. The summed E-state index contributed by atoms with van der Waals surface area (Å²) < 4.78 is 18.7. The van der Waals surface area contributed by atoms with Crippen molar-refractivity contribution in [2.75, 3.05) is 13.7 Å². The van der Waals surface area contributed by atoms with Crippen molar-refractivity contribution in [1.82, 2.24) is 4.98 Å². The Hall–Kier alpha value is -2.33. The summed E-state index contributed by atoms with van der Waals surface area (Å²) in [6.45, 7) is 0.509. The highest BCUT2D eigenvalue weighted by Gasteiger charge is 2.15. The first-order chi connectivity index (χ1) is 10.7. The quantitative estimate of drug-likeness (QED) is 0.756. The standard InChI is InChI=1S/C18H19FN2O/c1-22-15-5-2-12(3-6-15)8-13(10-20)17-11-21-18-7-4-14(19)9-16(17)18/h2-7,9,11,13,21H,8,10,20H2,1H3. The fourth-order valence-corrected chi connectivity index (χ4v) is 2.82. The van der Waals surface area contributed by atoms with Gasteiger partial charge in [-0.3, -0.25) is 0 Å². The van der Waals surface area contributed by atoms with Crippen molar-refractivity contribution in [3.63, 3.8) is 0 Å². The lowest BCUT2D eigenvalue weighted by atomic mass is 9.91. The maximum atomic E-state index is 13.5. The van der Waals surface area contributed by atoms with Gasteiger partial charge in [0.2, 0.25) is 0 Å². The van der Waals surface area contributed by atoms with Crippen LogP contribution in [0.3, 0.4) is 0 Å². The number of halogens is 1. The zero-order valence-electron chi connectivity index (χ0n) is 12.5. The lowest BCUT2D eigenvalue weighted by Gasteiger charge is -2.15. The number of H-pyrrole nitrogens is 1. The lowest BCUT2D eigenvalue weighted by molar-refractivity contribution is 0.414. The SMILES string of the molecule is COc1ccc(CC(CN)c2c[nH]c3ccc(F)cc23)cc1. The number of hydrogen-bond donors (Lipinski definition) is 2. The molecule has 114 valence electrons. The number of aromatic nitrogens is 1. The van der Waals surface area contributed by atoms with Gasteiger partial charge in [-0.2, -0.15) is 0 Å². The molecule has 0 amide bonds. The second-order valence-electron chi connectivity index (χ2n) is 5.42. The number of benzene rings is 2. The number of ether oxygens (including phenoxy) is 1. The summed E-state index contributed by atoms with van der Waals surface area (Å²) in [5, 5.41) is 0.906. The molecular weight excluding hydrogens is 279 g/mol. The van der Waals surface area contributed by atoms with E-state index in [-0.39, 0.29) is 11.7 Å². The van der Waals surface area contributed by atoms with E-state index in [4.69, 9.17) is 10.5 Å². The van der Waals surface area contributed by atoms with Gasteiger partial charge in [0.1, 0.15) is 11.6 Å². The molecule has 3 rings (SSSR count). The van der Waals surface area contributed by atoms with Gasteiger partial charge in [0, 0.05) is 23.0 Å². The molecule has 0 aliphatic rings. The van der Waals surface area contributed by atoms with E-state index in [1.165, 1.54) is 11.6 Å². The van der Waals surface area contributed by atoms with Crippen LogP contribution in [-0.4, -0.2) is 18.6 Å². The Labute approximate surface area is 128 Å². The number of fused-ring (bicyclic) bond motifs is 1. The minimum Gasteiger partial charge on any atom is -0.497 e. The van der Waals surface area contributed by atoms with Crippen molar-refractivity contribution in [2.45, 2.75) is 12.3 Å². The van der Waals surface area contributed by atoms with Crippen molar-refractivity contribution in [3.05, 3.63) is 65.6 Å². The highest BCUT2D eigenvalue weighted by Crippen LogP contribution is 2.28. The van der Waals surface area contributed by atoms with E-state index in [1.54, 1.807) is 19.2 Å². The van der Waals surface area contributed by atoms with Crippen molar-refractivity contribution in [3.8, 4) is 5.75 Å². The molecule has 3 nitrogen and oxygen atoms in total. The maximum absolute atomic E-state index is 13.5. The van der Waals surface area contributed by atoms with Crippen LogP contribution in [0.5, 0.6) is 5.75 Å². The average Bonchev–Trinajstić information content (AvgIpc) is 2.96. The van der Waals surface area contributed by atoms with E-state index in [2.05, 4.69) is 4.98 Å². The molecule has 1 atom stereocenters. The topological polar surface area (TPSA) is 51.0 Å². The zero-order valence-corrected chi connectivity index (χ0v) is 12.5. The molecule has 4 heteroatoms. The second-order valence-corrected chi connectivity index (χ2v) is 5.42. The Morgan fingerprint density at radius 2 is 1.95 bits per heavy atom. The van der Waals surface area contributed by atoms with Crippen LogP contribution in [0.25, 0.3) is 10.9 Å². The molecule has 0 spiro atoms. The van der Waals surface area contributed by atoms with Crippen molar-refractivity contribution < 1.29 is 9.13 Å². The number of nitrogens with two attached hydrogens (primary N) is 1. The summed E-state index contributed by atoms with van der Waals surface area (Å²) in [5.74, 6) is 0.750. The molecule has 0 radical (unpaired) electrons. The molecule has 0 fully saturated rings. The normalized spacial score (nSPS) is 12.5. The molecule has 0 bridgehead atoms. The molecule has 0 saturated heterocycles. The first kappa shape index (κ1) is 14.6. The minimum absolute atomic E-state index is 0.143. The Morgan fingerprint density at radius 1 is 1.18 bits per heavy atom. The summed E-state index contributed by atoms with van der Waals surface area (Å²) in [6, 6.07) is 12.7. The number of aromatic amines is 1. The van der Waals surface area contributed by atoms with E-state index >= 15 is 0 Å². The van der Waals surface area contributed by atoms with Gasteiger partial charge < -0.3 is 15.5 Å². The van der Waals surface area contributed by atoms with Crippen LogP contribution in [0.1, 0.15) is 17.0 Å². The van der Waals surface area contributed by atoms with Gasteiger partial charge in [-0.1, -0.05) is 12.1 Å². The zero-order chi connectivity index (χ0) is 15.5. The Morgan fingerprint density at radius 3 is 2.64 bits per heavy atom. The first-order valence-corrected chi connectivity index (χ1v) is 7.31. The second kappa shape index (κ2) is 6.20. The fraction of sp³-hybridized carbons (Fsp3) is 0.222. The minimum atomic E-state index is -0.228. The molecule has 1 unspecified atom stereocenters. The molecule has 0 aliphatic heterocycles. The van der Waals surface area contributed by atoms with Crippen molar-refractivity contribution in [2.24, 2.45) is 5.73 Å². The van der Waals surface area contributed by atoms with Gasteiger partial charge in [-0.25, -0.2) is 4.39 Å². The number of nitrogens with one attached hydrogen (secondary N) is 1. The smallest absolute Gasteiger partial charge is 0.123 e. The Balaban J connectivity index is 1.90. The summed E-state index contributed by atoms with van der Waals surface area (Å²) in [6.07, 6.45) is 2.75. The summed E-state index contributed by atoms with van der Waals surface area (Å²) >= 11 is 0. The fourth-order valence-electron chi connectivity index (χ4n) is 2.82. The van der Waals surface area contributed by atoms with Crippen molar-refractivity contribution in [1.29, 1.82) is 0 Å². The molecule has 0 saturated carbocycles. The van der Waals surface area contributed by atoms with Gasteiger partial charge in [0.25, 0.3) is 0 Å². The van der Waals surface area contributed by atoms with Gasteiger partial charge in [-0.15, -0.1) is 0 Å². The molecule has 22 heavy (non-hydrogen) atoms. The molecule has 3 aromatic rings. The van der Waals surface area contributed by atoms with Crippen LogP contribution < -0.4 is 10.5 Å². The number of hydrogen-bond acceptors (Lipinski definition) is 2. The van der Waals surface area contributed by atoms with Crippen LogP contribution in [0.15, 0.2) is 48.7 Å². The highest BCUT2D eigenvalue weighted by molar-refractivity contribution is 5.83. The molecule has 2 aromatic carbocycles. The summed E-state index contributed by atoms with van der Waals surface area (Å²) in [7, 11) is 1.65. The third-order valence-corrected chi connectivity index (χ3v) is 4.04. The van der Waals surface area contributed by atoms with Gasteiger partial charge in [-0.05, 0) is 54.4 Å². The molecule has 0 aliphatic carbocycles. The van der Waals surface area contributed by atoms with E-state index in [0.29, 0.717) is 6.54 Å². The predicted molar refractivity (Wildman–Crippen MR) is 86.8 cm³/mol. The monoisotopic (exact) mass is 298 g/mol. The molecule has 1 aromatic heterocycles. The Kier molecular flexibility index (Phi) is 4.11. The molecule has 1 heterocycles. The maximum Gasteiger partial charge on any atom is 0.123 e. The average molecular weight is 298 g/mol. The molecule has 3 N–H and O–H groups in total. The Bertz CT molecular complexity index is 764. The number of methoxy groups -OCH3 is 1. The van der Waals surface area contributed by atoms with Crippen LogP contribution in [0.2, 0.25) is 0 Å². The van der Waals surface area contributed by atoms with E-state index in [9.17, 15) is 4.39 Å². The van der Waals surface area contributed by atoms with Crippen LogP contribution in [-0.2, 0) is 6.42 Å². The van der Waals surface area contributed by atoms with Crippen LogP contribution >= 0.6 is 0 Å². The van der Waals surface area contributed by atoms with E-state index in [0.717, 1.165) is 28.6 Å². The third kappa shape index (κ3) is 2.83. The molecular formula is C18H19FN2O. The summed E-state index contributed by atoms with van der Waals surface area (Å²) in [5.41, 5.74) is 9.14. The van der Waals surface area contributed by atoms with Crippen molar-refractivity contribution >= 4 is 10.9 Å².